The van der Waals surface area contributed by atoms with Crippen molar-refractivity contribution < 1.29 is 37.7 Å². The summed E-state index contributed by atoms with van der Waals surface area (Å²) >= 11 is 0. The van der Waals surface area contributed by atoms with Crippen molar-refractivity contribution >= 4 is 11.7 Å². The molecule has 0 spiro atoms. The number of nitrogens with zero attached hydrogens (tertiary/aromatic N) is 2. The van der Waals surface area contributed by atoms with Gasteiger partial charge in [-0.1, -0.05) is 5.16 Å². The average Bonchev–Trinajstić information content (AvgIpc) is 3.64. The maximum atomic E-state index is 13.4. The van der Waals surface area contributed by atoms with Crippen molar-refractivity contribution in [3.05, 3.63) is 42.1 Å². The highest BCUT2D eigenvalue weighted by atomic mass is 16.5. The highest BCUT2D eigenvalue weighted by Gasteiger charge is 2.25. The van der Waals surface area contributed by atoms with Crippen LogP contribution in [0.15, 0.2) is 40.9 Å². The van der Waals surface area contributed by atoms with E-state index in [0.717, 1.165) is 12.8 Å². The summed E-state index contributed by atoms with van der Waals surface area (Å²) in [4.78, 5) is 15.1. The van der Waals surface area contributed by atoms with Crippen molar-refractivity contribution in [1.82, 2.24) is 10.1 Å². The molecule has 1 atom stereocenters. The molecule has 38 heavy (non-hydrogen) atoms. The number of carbonyl (C=O) groups excluding carboxylic acids is 1. The van der Waals surface area contributed by atoms with Gasteiger partial charge in [0, 0.05) is 30.8 Å². The van der Waals surface area contributed by atoms with Crippen molar-refractivity contribution in [1.29, 1.82) is 0 Å². The predicted molar refractivity (Wildman–Crippen MR) is 140 cm³/mol. The largest absolute Gasteiger partial charge is 0.497 e. The highest BCUT2D eigenvalue weighted by Crippen LogP contribution is 2.41. The fourth-order valence-corrected chi connectivity index (χ4v) is 4.29. The minimum atomic E-state index is -0.318. The molecule has 0 saturated carbocycles. The smallest absolute Gasteiger partial charge is 0.322 e. The van der Waals surface area contributed by atoms with E-state index >= 15 is 0 Å². The fourth-order valence-electron chi connectivity index (χ4n) is 4.29. The lowest BCUT2D eigenvalue weighted by molar-refractivity contribution is 0.0814. The van der Waals surface area contributed by atoms with E-state index in [9.17, 15) is 4.79 Å². The lowest BCUT2D eigenvalue weighted by Crippen LogP contribution is -2.39. The SMILES string of the molecule is COc1ccc(NC(=O)N(Cc2cc(-c3cc(OC)c(OC)c(OC)c3)on2)CC2CCCO2)c(OC)c1. The van der Waals surface area contributed by atoms with Crippen LogP contribution >= 0.6 is 0 Å². The lowest BCUT2D eigenvalue weighted by Gasteiger charge is -2.25. The Morgan fingerprint density at radius 1 is 0.974 bits per heavy atom. The van der Waals surface area contributed by atoms with Gasteiger partial charge < -0.3 is 43.2 Å². The van der Waals surface area contributed by atoms with E-state index in [0.29, 0.717) is 64.6 Å². The molecule has 1 aliphatic heterocycles. The van der Waals surface area contributed by atoms with Gasteiger partial charge in [-0.05, 0) is 37.1 Å². The lowest BCUT2D eigenvalue weighted by atomic mass is 10.1. The van der Waals surface area contributed by atoms with Crippen molar-refractivity contribution in [3.8, 4) is 40.1 Å². The summed E-state index contributed by atoms with van der Waals surface area (Å²) in [7, 11) is 7.75. The van der Waals surface area contributed by atoms with Gasteiger partial charge in [0.15, 0.2) is 17.3 Å². The van der Waals surface area contributed by atoms with Gasteiger partial charge in [0.05, 0.1) is 53.9 Å². The first-order chi connectivity index (χ1) is 18.5. The molecule has 1 unspecified atom stereocenters. The molecule has 1 aliphatic rings. The Kier molecular flexibility index (Phi) is 8.80. The molecule has 11 nitrogen and oxygen atoms in total. The maximum Gasteiger partial charge on any atom is 0.322 e. The van der Waals surface area contributed by atoms with E-state index in [1.807, 2.05) is 0 Å². The number of methoxy groups -OCH3 is 5. The van der Waals surface area contributed by atoms with E-state index in [-0.39, 0.29) is 18.7 Å². The van der Waals surface area contributed by atoms with Crippen molar-refractivity contribution in [2.24, 2.45) is 0 Å². The van der Waals surface area contributed by atoms with Crippen molar-refractivity contribution in [3.63, 3.8) is 0 Å². The summed E-state index contributed by atoms with van der Waals surface area (Å²) in [6, 6.07) is 10.2. The normalized spacial score (nSPS) is 14.6. The minimum absolute atomic E-state index is 0.0556. The summed E-state index contributed by atoms with van der Waals surface area (Å²) in [6.07, 6.45) is 1.78. The summed E-state index contributed by atoms with van der Waals surface area (Å²) in [5.74, 6) is 3.07. The summed E-state index contributed by atoms with van der Waals surface area (Å²) in [5, 5.41) is 7.15. The molecule has 2 aromatic carbocycles. The van der Waals surface area contributed by atoms with Crippen LogP contribution in [0.4, 0.5) is 10.5 Å². The van der Waals surface area contributed by atoms with Crippen LogP contribution in [0.1, 0.15) is 18.5 Å². The standard InChI is InChI=1S/C27H33N3O8/c1-32-19-8-9-21(23(14-19)33-2)28-27(31)30(16-20-7-6-10-37-20)15-18-13-22(38-29-18)17-11-24(34-3)26(36-5)25(12-17)35-4/h8-9,11-14,20H,6-7,10,15-16H2,1-5H3,(H,28,31). The van der Waals surface area contributed by atoms with Crippen LogP contribution in [-0.2, 0) is 11.3 Å². The number of urea groups is 1. The van der Waals surface area contributed by atoms with Crippen molar-refractivity contribution in [2.45, 2.75) is 25.5 Å². The highest BCUT2D eigenvalue weighted by molar-refractivity contribution is 5.91. The Balaban J connectivity index is 1.56. The number of hydrogen-bond donors (Lipinski definition) is 1. The predicted octanol–water partition coefficient (Wildman–Crippen LogP) is 4.60. The summed E-state index contributed by atoms with van der Waals surface area (Å²) in [6.45, 7) is 1.29. The molecule has 2 heterocycles. The third kappa shape index (κ3) is 6.05. The van der Waals surface area contributed by atoms with Crippen LogP contribution in [-0.4, -0.2) is 70.9 Å². The van der Waals surface area contributed by atoms with Gasteiger partial charge >= 0.3 is 6.03 Å². The zero-order valence-corrected chi connectivity index (χ0v) is 22.2. The third-order valence-electron chi connectivity index (χ3n) is 6.25. The molecule has 1 fully saturated rings. The van der Waals surface area contributed by atoms with E-state index in [2.05, 4.69) is 10.5 Å². The first kappa shape index (κ1) is 26.9. The van der Waals surface area contributed by atoms with Gasteiger partial charge in [0.2, 0.25) is 5.75 Å². The Labute approximate surface area is 221 Å². The average molecular weight is 528 g/mol. The van der Waals surface area contributed by atoms with Crippen molar-refractivity contribution in [2.75, 3.05) is 54.0 Å². The van der Waals surface area contributed by atoms with Gasteiger partial charge in [-0.2, -0.15) is 0 Å². The molecule has 2 amide bonds. The van der Waals surface area contributed by atoms with E-state index in [4.69, 9.17) is 32.9 Å². The molecule has 3 aromatic rings. The third-order valence-corrected chi connectivity index (χ3v) is 6.25. The van der Waals surface area contributed by atoms with Crippen LogP contribution in [0.25, 0.3) is 11.3 Å². The summed E-state index contributed by atoms with van der Waals surface area (Å²) < 4.78 is 38.4. The molecule has 1 aromatic heterocycles. The molecule has 0 aliphatic carbocycles. The Bertz CT molecular complexity index is 1210. The zero-order chi connectivity index (χ0) is 27.1. The Hall–Kier alpha value is -4.12. The molecular formula is C27H33N3O8. The van der Waals surface area contributed by atoms with Crippen LogP contribution in [0.3, 0.4) is 0 Å². The molecule has 204 valence electrons. The molecule has 4 rings (SSSR count). The number of carbonyl (C=O) groups is 1. The van der Waals surface area contributed by atoms with Crippen LogP contribution < -0.4 is 29.0 Å². The second-order valence-corrected chi connectivity index (χ2v) is 8.61. The van der Waals surface area contributed by atoms with Gasteiger partial charge in [-0.25, -0.2) is 4.79 Å². The maximum absolute atomic E-state index is 13.4. The number of rotatable bonds is 11. The van der Waals surface area contributed by atoms with Crippen LogP contribution in [0.2, 0.25) is 0 Å². The fraction of sp³-hybridized carbons (Fsp3) is 0.407. The zero-order valence-electron chi connectivity index (χ0n) is 22.2. The monoisotopic (exact) mass is 527 g/mol. The first-order valence-corrected chi connectivity index (χ1v) is 12.1. The number of benzene rings is 2. The van der Waals surface area contributed by atoms with E-state index < -0.39 is 0 Å². The number of hydrogen-bond acceptors (Lipinski definition) is 9. The van der Waals surface area contributed by atoms with Gasteiger partial charge in [0.1, 0.15) is 17.2 Å². The molecule has 11 heteroatoms. The van der Waals surface area contributed by atoms with E-state index in [1.54, 1.807) is 69.7 Å². The first-order valence-electron chi connectivity index (χ1n) is 12.1. The molecule has 0 radical (unpaired) electrons. The van der Waals surface area contributed by atoms with Gasteiger partial charge in [-0.3, -0.25) is 0 Å². The minimum Gasteiger partial charge on any atom is -0.497 e. The second-order valence-electron chi connectivity index (χ2n) is 8.61. The van der Waals surface area contributed by atoms with Crippen LogP contribution in [0, 0.1) is 0 Å². The molecule has 0 bridgehead atoms. The topological polar surface area (TPSA) is 114 Å². The Morgan fingerprint density at radius 2 is 1.71 bits per heavy atom. The van der Waals surface area contributed by atoms with E-state index in [1.165, 1.54) is 7.11 Å². The van der Waals surface area contributed by atoms with Gasteiger partial charge in [0.25, 0.3) is 0 Å². The Morgan fingerprint density at radius 3 is 2.32 bits per heavy atom. The second kappa shape index (κ2) is 12.4. The molecule has 1 saturated heterocycles. The quantitative estimate of drug-likeness (QED) is 0.382. The number of aromatic nitrogens is 1. The number of nitrogens with one attached hydrogen (secondary N) is 1. The number of anilines is 1. The molecular weight excluding hydrogens is 494 g/mol. The number of amides is 2. The summed E-state index contributed by atoms with van der Waals surface area (Å²) in [5.41, 5.74) is 1.79. The molecule has 1 N–H and O–H groups in total. The number of ether oxygens (including phenoxy) is 6. The van der Waals surface area contributed by atoms with Gasteiger partial charge in [-0.15, -0.1) is 0 Å². The van der Waals surface area contributed by atoms with Crippen LogP contribution in [0.5, 0.6) is 28.7 Å².